The molecule has 1 aromatic carbocycles. The lowest BCUT2D eigenvalue weighted by molar-refractivity contribution is 0.103. The van der Waals surface area contributed by atoms with Crippen LogP contribution in [0.4, 0.5) is 11.4 Å². The van der Waals surface area contributed by atoms with Crippen LogP contribution >= 0.6 is 11.3 Å². The number of benzene rings is 1. The van der Waals surface area contributed by atoms with Crippen molar-refractivity contribution in [3.8, 4) is 0 Å². The largest absolute Gasteiger partial charge is 0.397 e. The summed E-state index contributed by atoms with van der Waals surface area (Å²) in [6.45, 7) is 3.95. The number of carbonyl (C=O) groups excluding carboxylic acids is 1. The number of pyridine rings is 1. The van der Waals surface area contributed by atoms with Crippen LogP contribution in [0.2, 0.25) is 0 Å². The van der Waals surface area contributed by atoms with Crippen LogP contribution < -0.4 is 11.1 Å². The molecule has 0 spiro atoms. The molecule has 1 amide bonds. The Balaban J connectivity index is 1.98. The van der Waals surface area contributed by atoms with Gasteiger partial charge in [-0.3, -0.25) is 9.78 Å². The molecule has 3 aromatic rings. The van der Waals surface area contributed by atoms with Crippen molar-refractivity contribution in [3.05, 3.63) is 52.7 Å². The molecule has 0 saturated heterocycles. The molecule has 4 nitrogen and oxygen atoms in total. The van der Waals surface area contributed by atoms with Gasteiger partial charge in [-0.1, -0.05) is 18.2 Å². The minimum atomic E-state index is -0.194. The SMILES string of the molecule is Cc1cncc(NC(=O)c2sc3c(C)cccc3c2N)c1. The Hall–Kier alpha value is -2.40. The third-order valence-electron chi connectivity index (χ3n) is 3.29. The maximum absolute atomic E-state index is 12.4. The zero-order chi connectivity index (χ0) is 15.0. The molecule has 0 radical (unpaired) electrons. The number of aryl methyl sites for hydroxylation is 2. The molecule has 3 rings (SSSR count). The molecule has 0 aliphatic rings. The summed E-state index contributed by atoms with van der Waals surface area (Å²) in [6, 6.07) is 7.79. The average molecular weight is 297 g/mol. The molecule has 106 valence electrons. The Bertz CT molecular complexity index is 839. The number of nitrogens with one attached hydrogen (secondary N) is 1. The Kier molecular flexibility index (Phi) is 3.35. The average Bonchev–Trinajstić information content (AvgIpc) is 2.78. The van der Waals surface area contributed by atoms with E-state index in [1.807, 2.05) is 38.1 Å². The zero-order valence-electron chi connectivity index (χ0n) is 11.8. The topological polar surface area (TPSA) is 68.0 Å². The molecule has 0 saturated carbocycles. The summed E-state index contributed by atoms with van der Waals surface area (Å²) in [5.74, 6) is -0.194. The number of aromatic nitrogens is 1. The summed E-state index contributed by atoms with van der Waals surface area (Å²) < 4.78 is 1.06. The maximum Gasteiger partial charge on any atom is 0.267 e. The highest BCUT2D eigenvalue weighted by molar-refractivity contribution is 7.21. The van der Waals surface area contributed by atoms with Crippen LogP contribution in [-0.4, -0.2) is 10.9 Å². The fourth-order valence-corrected chi connectivity index (χ4v) is 3.34. The van der Waals surface area contributed by atoms with Crippen molar-refractivity contribution >= 4 is 38.7 Å². The predicted molar refractivity (Wildman–Crippen MR) is 87.9 cm³/mol. The lowest BCUT2D eigenvalue weighted by atomic mass is 10.1. The summed E-state index contributed by atoms with van der Waals surface area (Å²) in [5.41, 5.74) is 9.46. The van der Waals surface area contributed by atoms with Gasteiger partial charge in [0.05, 0.1) is 17.6 Å². The molecule has 0 aliphatic carbocycles. The van der Waals surface area contributed by atoms with Crippen LogP contribution in [0.15, 0.2) is 36.7 Å². The van der Waals surface area contributed by atoms with Crippen molar-refractivity contribution in [3.63, 3.8) is 0 Å². The molecule has 0 atom stereocenters. The second-order valence-electron chi connectivity index (χ2n) is 5.00. The van der Waals surface area contributed by atoms with Gasteiger partial charge in [-0.25, -0.2) is 0 Å². The van der Waals surface area contributed by atoms with E-state index in [2.05, 4.69) is 10.3 Å². The standard InChI is InChI=1S/C16H15N3OS/c1-9-6-11(8-18-7-9)19-16(20)15-13(17)12-5-3-4-10(2)14(12)21-15/h3-8H,17H2,1-2H3,(H,19,20). The van der Waals surface area contributed by atoms with Crippen LogP contribution in [0.25, 0.3) is 10.1 Å². The number of nitrogens with two attached hydrogens (primary N) is 1. The van der Waals surface area contributed by atoms with Gasteiger partial charge in [-0.2, -0.15) is 0 Å². The highest BCUT2D eigenvalue weighted by Gasteiger charge is 2.17. The van der Waals surface area contributed by atoms with Crippen LogP contribution in [0.1, 0.15) is 20.8 Å². The molecular formula is C16H15N3OS. The van der Waals surface area contributed by atoms with Gasteiger partial charge in [0, 0.05) is 16.3 Å². The second-order valence-corrected chi connectivity index (χ2v) is 6.02. The number of nitrogen functional groups attached to an aromatic ring is 1. The third kappa shape index (κ3) is 2.48. The normalized spacial score (nSPS) is 10.8. The van der Waals surface area contributed by atoms with E-state index >= 15 is 0 Å². The second kappa shape index (κ2) is 5.18. The maximum atomic E-state index is 12.4. The monoisotopic (exact) mass is 297 g/mol. The highest BCUT2D eigenvalue weighted by atomic mass is 32.1. The summed E-state index contributed by atoms with van der Waals surface area (Å²) in [4.78, 5) is 17.0. The molecule has 0 unspecified atom stereocenters. The van der Waals surface area contributed by atoms with E-state index in [0.29, 0.717) is 16.3 Å². The van der Waals surface area contributed by atoms with Crippen molar-refractivity contribution in [2.45, 2.75) is 13.8 Å². The van der Waals surface area contributed by atoms with E-state index in [1.165, 1.54) is 11.3 Å². The van der Waals surface area contributed by atoms with E-state index in [4.69, 9.17) is 5.73 Å². The molecule has 5 heteroatoms. The molecule has 0 aliphatic heterocycles. The first kappa shape index (κ1) is 13.6. The molecule has 3 N–H and O–H groups in total. The van der Waals surface area contributed by atoms with Crippen molar-refractivity contribution in [1.29, 1.82) is 0 Å². The van der Waals surface area contributed by atoms with Gasteiger partial charge in [0.2, 0.25) is 0 Å². The number of carbonyl (C=O) groups is 1. The minimum absolute atomic E-state index is 0.194. The Morgan fingerprint density at radius 3 is 2.81 bits per heavy atom. The first-order valence-electron chi connectivity index (χ1n) is 6.57. The van der Waals surface area contributed by atoms with E-state index in [1.54, 1.807) is 12.4 Å². The fraction of sp³-hybridized carbons (Fsp3) is 0.125. The van der Waals surface area contributed by atoms with Crippen LogP contribution in [0.3, 0.4) is 0 Å². The number of nitrogens with zero attached hydrogens (tertiary/aromatic N) is 1. The van der Waals surface area contributed by atoms with Gasteiger partial charge in [0.15, 0.2) is 0 Å². The minimum Gasteiger partial charge on any atom is -0.397 e. The summed E-state index contributed by atoms with van der Waals surface area (Å²) >= 11 is 1.42. The van der Waals surface area contributed by atoms with Gasteiger partial charge in [0.25, 0.3) is 5.91 Å². The molecule has 2 heterocycles. The summed E-state index contributed by atoms with van der Waals surface area (Å²) in [7, 11) is 0. The molecule has 21 heavy (non-hydrogen) atoms. The quantitative estimate of drug-likeness (QED) is 0.757. The van der Waals surface area contributed by atoms with Gasteiger partial charge in [-0.05, 0) is 31.0 Å². The molecular weight excluding hydrogens is 282 g/mol. The van der Waals surface area contributed by atoms with Crippen LogP contribution in [0, 0.1) is 13.8 Å². The smallest absolute Gasteiger partial charge is 0.267 e. The highest BCUT2D eigenvalue weighted by Crippen LogP contribution is 2.35. The Morgan fingerprint density at radius 2 is 2.10 bits per heavy atom. The van der Waals surface area contributed by atoms with Crippen LogP contribution in [0.5, 0.6) is 0 Å². The van der Waals surface area contributed by atoms with Crippen molar-refractivity contribution in [1.82, 2.24) is 4.98 Å². The van der Waals surface area contributed by atoms with Gasteiger partial charge in [-0.15, -0.1) is 11.3 Å². The first-order valence-corrected chi connectivity index (χ1v) is 7.38. The summed E-state index contributed by atoms with van der Waals surface area (Å²) in [6.07, 6.45) is 3.37. The number of amides is 1. The van der Waals surface area contributed by atoms with Crippen molar-refractivity contribution < 1.29 is 4.79 Å². The Labute approximate surface area is 126 Å². The van der Waals surface area contributed by atoms with Gasteiger partial charge < -0.3 is 11.1 Å². The molecule has 0 bridgehead atoms. The number of rotatable bonds is 2. The lowest BCUT2D eigenvalue weighted by Gasteiger charge is -2.04. The van der Waals surface area contributed by atoms with E-state index < -0.39 is 0 Å². The number of hydrogen-bond donors (Lipinski definition) is 2. The van der Waals surface area contributed by atoms with Crippen LogP contribution in [-0.2, 0) is 0 Å². The molecule has 2 aromatic heterocycles. The number of thiophene rings is 1. The van der Waals surface area contributed by atoms with Gasteiger partial charge in [0.1, 0.15) is 4.88 Å². The number of hydrogen-bond acceptors (Lipinski definition) is 4. The predicted octanol–water partition coefficient (Wildman–Crippen LogP) is 3.75. The lowest BCUT2D eigenvalue weighted by Crippen LogP contribution is -2.12. The van der Waals surface area contributed by atoms with E-state index in [0.717, 1.165) is 21.2 Å². The molecule has 0 fully saturated rings. The Morgan fingerprint density at radius 1 is 1.29 bits per heavy atom. The first-order chi connectivity index (χ1) is 10.1. The van der Waals surface area contributed by atoms with E-state index in [9.17, 15) is 4.79 Å². The van der Waals surface area contributed by atoms with Crippen molar-refractivity contribution in [2.24, 2.45) is 0 Å². The fourth-order valence-electron chi connectivity index (χ4n) is 2.26. The van der Waals surface area contributed by atoms with E-state index in [-0.39, 0.29) is 5.91 Å². The zero-order valence-corrected chi connectivity index (χ0v) is 12.6. The number of anilines is 2. The number of fused-ring (bicyclic) bond motifs is 1. The summed E-state index contributed by atoms with van der Waals surface area (Å²) in [5, 5.41) is 3.79. The van der Waals surface area contributed by atoms with Gasteiger partial charge >= 0.3 is 0 Å². The third-order valence-corrected chi connectivity index (χ3v) is 4.65. The van der Waals surface area contributed by atoms with Crippen molar-refractivity contribution in [2.75, 3.05) is 11.1 Å².